The number of aryl methyl sites for hydroxylation is 1. The molecule has 1 heterocycles. The Labute approximate surface area is 170 Å². The Morgan fingerprint density at radius 1 is 1.30 bits per heavy atom. The second kappa shape index (κ2) is 8.70. The van der Waals surface area contributed by atoms with Gasteiger partial charge in [-0.1, -0.05) is 6.92 Å². The highest BCUT2D eigenvalue weighted by Gasteiger charge is 2.57. The molecule has 0 spiro atoms. The van der Waals surface area contributed by atoms with Crippen LogP contribution in [0.2, 0.25) is 0 Å². The minimum absolute atomic E-state index is 0.0600. The van der Waals surface area contributed by atoms with Crippen molar-refractivity contribution in [3.63, 3.8) is 0 Å². The van der Waals surface area contributed by atoms with Gasteiger partial charge in [0.2, 0.25) is 15.6 Å². The number of benzene rings is 1. The molecule has 1 aromatic heterocycles. The van der Waals surface area contributed by atoms with Crippen LogP contribution in [0.4, 0.5) is 17.6 Å². The molecule has 0 fully saturated rings. The number of carbonyl (C=O) groups excluding carboxylic acids is 1. The fourth-order valence-electron chi connectivity index (χ4n) is 2.72. The molecule has 1 atom stereocenters. The Balaban J connectivity index is 2.20. The van der Waals surface area contributed by atoms with Crippen molar-refractivity contribution in [2.75, 3.05) is 13.1 Å². The van der Waals surface area contributed by atoms with Gasteiger partial charge in [-0.2, -0.15) is 13.2 Å². The lowest BCUT2D eigenvalue weighted by Crippen LogP contribution is -2.46. The minimum Gasteiger partial charge on any atom is -0.374 e. The summed E-state index contributed by atoms with van der Waals surface area (Å²) in [7, 11) is -2.71. The van der Waals surface area contributed by atoms with Gasteiger partial charge in [-0.15, -0.1) is 0 Å². The van der Waals surface area contributed by atoms with Crippen molar-refractivity contribution >= 4 is 15.9 Å². The van der Waals surface area contributed by atoms with Gasteiger partial charge in [0, 0.05) is 39.0 Å². The van der Waals surface area contributed by atoms with E-state index in [2.05, 4.69) is 15.0 Å². The van der Waals surface area contributed by atoms with Crippen LogP contribution in [-0.4, -0.2) is 48.2 Å². The van der Waals surface area contributed by atoms with Crippen LogP contribution in [0.1, 0.15) is 29.5 Å². The highest BCUT2D eigenvalue weighted by atomic mass is 32.2. The number of aromatic nitrogens is 2. The van der Waals surface area contributed by atoms with Crippen LogP contribution in [0, 0.1) is 5.82 Å². The van der Waals surface area contributed by atoms with E-state index in [0.29, 0.717) is 0 Å². The van der Waals surface area contributed by atoms with E-state index in [4.69, 9.17) is 0 Å². The quantitative estimate of drug-likeness (QED) is 0.525. The van der Waals surface area contributed by atoms with Crippen LogP contribution >= 0.6 is 0 Å². The number of aliphatic hydroxyl groups is 1. The molecule has 30 heavy (non-hydrogen) atoms. The number of imidazole rings is 1. The van der Waals surface area contributed by atoms with Gasteiger partial charge in [0.1, 0.15) is 11.6 Å². The number of hydrogen-bond donors (Lipinski definition) is 3. The van der Waals surface area contributed by atoms with E-state index in [1.165, 1.54) is 20.2 Å². The van der Waals surface area contributed by atoms with Crippen LogP contribution in [0.3, 0.4) is 0 Å². The van der Waals surface area contributed by atoms with Crippen molar-refractivity contribution in [3.05, 3.63) is 47.8 Å². The molecule has 13 heteroatoms. The number of carbonyl (C=O) groups is 1. The van der Waals surface area contributed by atoms with E-state index in [1.54, 1.807) is 0 Å². The average Bonchev–Trinajstić information content (AvgIpc) is 3.07. The van der Waals surface area contributed by atoms with Gasteiger partial charge in [-0.3, -0.25) is 4.79 Å². The summed E-state index contributed by atoms with van der Waals surface area (Å²) in [5, 5.41) is 12.3. The molecule has 2 aromatic rings. The fourth-order valence-corrected chi connectivity index (χ4v) is 3.78. The summed E-state index contributed by atoms with van der Waals surface area (Å²) in [6.07, 6.45) is -3.79. The average molecular weight is 452 g/mol. The van der Waals surface area contributed by atoms with Crippen molar-refractivity contribution in [2.45, 2.75) is 30.0 Å². The van der Waals surface area contributed by atoms with Crippen molar-refractivity contribution in [1.29, 1.82) is 0 Å². The lowest BCUT2D eigenvalue weighted by Gasteiger charge is -2.30. The number of halogens is 4. The van der Waals surface area contributed by atoms with Crippen LogP contribution in [0.25, 0.3) is 0 Å². The predicted molar refractivity (Wildman–Crippen MR) is 97.4 cm³/mol. The third-order valence-electron chi connectivity index (χ3n) is 4.26. The minimum atomic E-state index is -5.10. The zero-order chi connectivity index (χ0) is 22.7. The molecule has 0 aliphatic heterocycles. The first kappa shape index (κ1) is 23.8. The van der Waals surface area contributed by atoms with Crippen molar-refractivity contribution in [1.82, 2.24) is 19.6 Å². The molecule has 0 aliphatic carbocycles. The summed E-state index contributed by atoms with van der Waals surface area (Å²) in [6.45, 7) is 0.897. The maximum absolute atomic E-state index is 14.0. The molecule has 166 valence electrons. The molecule has 0 saturated carbocycles. The lowest BCUT2D eigenvalue weighted by atomic mass is 9.97. The highest BCUT2D eigenvalue weighted by molar-refractivity contribution is 7.89. The number of alkyl halides is 3. The first-order valence-electron chi connectivity index (χ1n) is 8.68. The largest absolute Gasteiger partial charge is 0.424 e. The highest BCUT2D eigenvalue weighted by Crippen LogP contribution is 2.40. The molecular formula is C17H20F4N4O4S. The maximum Gasteiger partial charge on any atom is 0.424 e. The second-order valence-electron chi connectivity index (χ2n) is 6.37. The van der Waals surface area contributed by atoms with Crippen LogP contribution < -0.4 is 10.0 Å². The molecule has 8 nitrogen and oxygen atoms in total. The van der Waals surface area contributed by atoms with E-state index in [-0.39, 0.29) is 11.4 Å². The molecule has 3 N–H and O–H groups in total. The Kier molecular flexibility index (Phi) is 6.89. The number of amides is 1. The summed E-state index contributed by atoms with van der Waals surface area (Å²) < 4.78 is 81.6. The van der Waals surface area contributed by atoms with E-state index in [1.807, 2.05) is 0 Å². The number of sulfonamides is 1. The van der Waals surface area contributed by atoms with E-state index in [0.717, 1.165) is 29.0 Å². The molecule has 2 rings (SSSR count). The number of nitrogens with one attached hydrogen (secondary N) is 2. The van der Waals surface area contributed by atoms with Crippen molar-refractivity contribution < 1.29 is 35.9 Å². The molecule has 1 amide bonds. The van der Waals surface area contributed by atoms with Gasteiger partial charge in [0.15, 0.2) is 0 Å². The first-order chi connectivity index (χ1) is 13.8. The van der Waals surface area contributed by atoms with Gasteiger partial charge in [-0.25, -0.2) is 22.5 Å². The summed E-state index contributed by atoms with van der Waals surface area (Å²) in [6, 6.07) is 2.49. The van der Waals surface area contributed by atoms with E-state index < -0.39 is 57.9 Å². The van der Waals surface area contributed by atoms with Gasteiger partial charge in [0.25, 0.3) is 5.91 Å². The smallest absolute Gasteiger partial charge is 0.374 e. The Morgan fingerprint density at radius 2 is 1.97 bits per heavy atom. The van der Waals surface area contributed by atoms with Crippen molar-refractivity contribution in [2.24, 2.45) is 7.05 Å². The monoisotopic (exact) mass is 452 g/mol. The van der Waals surface area contributed by atoms with Gasteiger partial charge in [0.05, 0.1) is 10.5 Å². The normalized spacial score (nSPS) is 14.4. The van der Waals surface area contributed by atoms with Crippen LogP contribution in [-0.2, 0) is 22.7 Å². The topological polar surface area (TPSA) is 113 Å². The molecule has 0 bridgehead atoms. The maximum atomic E-state index is 14.0. The number of nitrogens with zero attached hydrogens (tertiary/aromatic N) is 2. The van der Waals surface area contributed by atoms with Gasteiger partial charge < -0.3 is 15.0 Å². The second-order valence-corrected chi connectivity index (χ2v) is 8.14. The number of rotatable bonds is 8. The summed E-state index contributed by atoms with van der Waals surface area (Å²) >= 11 is 0. The summed E-state index contributed by atoms with van der Waals surface area (Å²) in [5.74, 6) is -2.86. The third-order valence-corrected chi connectivity index (χ3v) is 5.80. The SMILES string of the molecule is CCNS(=O)(=O)c1ccc(F)c(C(=O)NCCC(O)(c2nccn2C)C(F)(F)F)c1. The van der Waals surface area contributed by atoms with Gasteiger partial charge >= 0.3 is 6.18 Å². The van der Waals surface area contributed by atoms with E-state index >= 15 is 0 Å². The fraction of sp³-hybridized carbons (Fsp3) is 0.412. The van der Waals surface area contributed by atoms with Crippen molar-refractivity contribution in [3.8, 4) is 0 Å². The molecular weight excluding hydrogens is 432 g/mol. The third kappa shape index (κ3) is 4.79. The summed E-state index contributed by atoms with van der Waals surface area (Å²) in [4.78, 5) is 15.4. The van der Waals surface area contributed by atoms with E-state index in [9.17, 15) is 35.9 Å². The Morgan fingerprint density at radius 3 is 2.50 bits per heavy atom. The molecule has 1 aromatic carbocycles. The molecule has 1 unspecified atom stereocenters. The van der Waals surface area contributed by atoms with Gasteiger partial charge in [-0.05, 0) is 18.2 Å². The summed E-state index contributed by atoms with van der Waals surface area (Å²) in [5.41, 5.74) is -4.02. The molecule has 0 saturated heterocycles. The standard InChI is InChI=1S/C17H20F4N4O4S/c1-3-24-30(28,29)11-4-5-13(18)12(10-11)14(26)22-7-6-16(27,17(19,20)21)15-23-8-9-25(15)2/h4-5,8-10,24,27H,3,6-7H2,1-2H3,(H,22,26). The number of hydrogen-bond acceptors (Lipinski definition) is 5. The Hall–Kier alpha value is -2.51. The van der Waals surface area contributed by atoms with Crippen LogP contribution in [0.5, 0.6) is 0 Å². The predicted octanol–water partition coefficient (Wildman–Crippen LogP) is 1.43. The zero-order valence-corrected chi connectivity index (χ0v) is 16.8. The van der Waals surface area contributed by atoms with Crippen LogP contribution in [0.15, 0.2) is 35.5 Å². The molecule has 0 radical (unpaired) electrons. The first-order valence-corrected chi connectivity index (χ1v) is 10.2. The zero-order valence-electron chi connectivity index (χ0n) is 16.0. The molecule has 0 aliphatic rings. The lowest BCUT2D eigenvalue weighted by molar-refractivity contribution is -0.272. The Bertz CT molecular complexity index is 1020.